The van der Waals surface area contributed by atoms with Crippen LogP contribution in [-0.2, 0) is 9.47 Å². The van der Waals surface area contributed by atoms with Crippen LogP contribution in [0.4, 0.5) is 0 Å². The lowest BCUT2D eigenvalue weighted by Gasteiger charge is -2.11. The van der Waals surface area contributed by atoms with Crippen LogP contribution >= 0.6 is 0 Å². The van der Waals surface area contributed by atoms with Gasteiger partial charge < -0.3 is 19.2 Å². The first-order valence-corrected chi connectivity index (χ1v) is 6.27. The van der Waals surface area contributed by atoms with E-state index in [2.05, 4.69) is 19.2 Å². The Morgan fingerprint density at radius 1 is 1.24 bits per heavy atom. The van der Waals surface area contributed by atoms with Gasteiger partial charge in [0.1, 0.15) is 5.76 Å². The minimum Gasteiger partial charge on any atom is -0.468 e. The monoisotopic (exact) mass is 241 g/mol. The van der Waals surface area contributed by atoms with Gasteiger partial charge in [0.25, 0.3) is 0 Å². The Morgan fingerprint density at radius 3 is 2.65 bits per heavy atom. The van der Waals surface area contributed by atoms with Gasteiger partial charge in [-0.15, -0.1) is 0 Å². The first kappa shape index (κ1) is 14.2. The molecule has 1 aromatic rings. The molecule has 4 heteroatoms. The van der Waals surface area contributed by atoms with Crippen molar-refractivity contribution in [1.82, 2.24) is 5.32 Å². The van der Waals surface area contributed by atoms with E-state index in [1.165, 1.54) is 0 Å². The van der Waals surface area contributed by atoms with Crippen molar-refractivity contribution in [3.05, 3.63) is 24.2 Å². The van der Waals surface area contributed by atoms with Crippen molar-refractivity contribution in [3.63, 3.8) is 0 Å². The van der Waals surface area contributed by atoms with Gasteiger partial charge in [-0.2, -0.15) is 0 Å². The molecule has 0 radical (unpaired) electrons. The van der Waals surface area contributed by atoms with Crippen LogP contribution in [0.2, 0.25) is 0 Å². The van der Waals surface area contributed by atoms with Gasteiger partial charge in [-0.3, -0.25) is 0 Å². The molecule has 0 amide bonds. The Labute approximate surface area is 103 Å². The van der Waals surface area contributed by atoms with Crippen LogP contribution in [0.15, 0.2) is 22.8 Å². The molecule has 1 aromatic heterocycles. The number of ether oxygens (including phenoxy) is 2. The first-order chi connectivity index (χ1) is 8.34. The topological polar surface area (TPSA) is 43.6 Å². The summed E-state index contributed by atoms with van der Waals surface area (Å²) in [4.78, 5) is 0. The Morgan fingerprint density at radius 2 is 2.00 bits per heavy atom. The Hall–Kier alpha value is -0.840. The van der Waals surface area contributed by atoms with Crippen LogP contribution < -0.4 is 5.32 Å². The standard InChI is InChI=1S/C13H23NO3/c1-3-7-15-10-11-16-9-6-14-12(2)13-5-4-8-17-13/h4-5,8,12,14H,3,6-7,9-11H2,1-2H3. The van der Waals surface area contributed by atoms with Crippen molar-refractivity contribution in [3.8, 4) is 0 Å². The summed E-state index contributed by atoms with van der Waals surface area (Å²) >= 11 is 0. The van der Waals surface area contributed by atoms with Crippen LogP contribution in [0.1, 0.15) is 32.1 Å². The van der Waals surface area contributed by atoms with Gasteiger partial charge in [-0.1, -0.05) is 6.92 Å². The van der Waals surface area contributed by atoms with Crippen molar-refractivity contribution < 1.29 is 13.9 Å². The molecule has 0 saturated carbocycles. The van der Waals surface area contributed by atoms with E-state index in [0.717, 1.165) is 25.3 Å². The van der Waals surface area contributed by atoms with Crippen molar-refractivity contribution >= 4 is 0 Å². The van der Waals surface area contributed by atoms with E-state index in [-0.39, 0.29) is 6.04 Å². The maximum atomic E-state index is 5.43. The van der Waals surface area contributed by atoms with E-state index >= 15 is 0 Å². The molecule has 0 aromatic carbocycles. The number of rotatable bonds is 10. The third-order valence-electron chi connectivity index (χ3n) is 2.39. The van der Waals surface area contributed by atoms with Crippen LogP contribution in [0, 0.1) is 0 Å². The second kappa shape index (κ2) is 9.22. The van der Waals surface area contributed by atoms with E-state index < -0.39 is 0 Å². The Kier molecular flexibility index (Phi) is 7.71. The second-order valence-electron chi connectivity index (χ2n) is 3.92. The SMILES string of the molecule is CCCOCCOCCNC(C)c1ccco1. The lowest BCUT2D eigenvalue weighted by Crippen LogP contribution is -2.23. The molecule has 0 bridgehead atoms. The summed E-state index contributed by atoms with van der Waals surface area (Å²) < 4.78 is 16.0. The average Bonchev–Trinajstić information content (AvgIpc) is 2.86. The molecular weight excluding hydrogens is 218 g/mol. The molecule has 0 aliphatic carbocycles. The molecule has 17 heavy (non-hydrogen) atoms. The smallest absolute Gasteiger partial charge is 0.120 e. The van der Waals surface area contributed by atoms with E-state index in [0.29, 0.717) is 19.8 Å². The normalized spacial score (nSPS) is 12.8. The Bertz CT molecular complexity index is 262. The average molecular weight is 241 g/mol. The van der Waals surface area contributed by atoms with Gasteiger partial charge in [0.15, 0.2) is 0 Å². The predicted molar refractivity (Wildman–Crippen MR) is 67.1 cm³/mol. The summed E-state index contributed by atoms with van der Waals surface area (Å²) in [5.74, 6) is 0.955. The van der Waals surface area contributed by atoms with Crippen LogP contribution in [-0.4, -0.2) is 33.0 Å². The van der Waals surface area contributed by atoms with Gasteiger partial charge >= 0.3 is 0 Å². The van der Waals surface area contributed by atoms with Gasteiger partial charge in [-0.05, 0) is 25.5 Å². The molecule has 0 saturated heterocycles. The van der Waals surface area contributed by atoms with Crippen LogP contribution in [0.5, 0.6) is 0 Å². The highest BCUT2D eigenvalue weighted by molar-refractivity contribution is 5.02. The summed E-state index contributed by atoms with van der Waals surface area (Å²) in [6, 6.07) is 4.09. The number of hydrogen-bond acceptors (Lipinski definition) is 4. The zero-order chi connectivity index (χ0) is 12.3. The second-order valence-corrected chi connectivity index (χ2v) is 3.92. The molecule has 1 unspecified atom stereocenters. The fourth-order valence-corrected chi connectivity index (χ4v) is 1.45. The third-order valence-corrected chi connectivity index (χ3v) is 2.39. The van der Waals surface area contributed by atoms with Crippen molar-refractivity contribution in [2.75, 3.05) is 33.0 Å². The minimum absolute atomic E-state index is 0.227. The van der Waals surface area contributed by atoms with Crippen molar-refractivity contribution in [2.24, 2.45) is 0 Å². The highest BCUT2D eigenvalue weighted by atomic mass is 16.5. The largest absolute Gasteiger partial charge is 0.468 e. The van der Waals surface area contributed by atoms with Gasteiger partial charge in [0.2, 0.25) is 0 Å². The summed E-state index contributed by atoms with van der Waals surface area (Å²) in [6.45, 7) is 7.84. The maximum absolute atomic E-state index is 5.43. The lowest BCUT2D eigenvalue weighted by atomic mass is 10.2. The number of hydrogen-bond donors (Lipinski definition) is 1. The van der Waals surface area contributed by atoms with Gasteiger partial charge in [0.05, 0.1) is 32.1 Å². The van der Waals surface area contributed by atoms with Crippen LogP contribution in [0.25, 0.3) is 0 Å². The minimum atomic E-state index is 0.227. The molecule has 1 atom stereocenters. The lowest BCUT2D eigenvalue weighted by molar-refractivity contribution is 0.0484. The maximum Gasteiger partial charge on any atom is 0.120 e. The van der Waals surface area contributed by atoms with Crippen LogP contribution in [0.3, 0.4) is 0 Å². The zero-order valence-electron chi connectivity index (χ0n) is 10.8. The molecule has 4 nitrogen and oxygen atoms in total. The molecule has 1 N–H and O–H groups in total. The highest BCUT2D eigenvalue weighted by Gasteiger charge is 2.05. The molecule has 0 fully saturated rings. The Balaban J connectivity index is 1.90. The first-order valence-electron chi connectivity index (χ1n) is 6.27. The van der Waals surface area contributed by atoms with E-state index in [4.69, 9.17) is 13.9 Å². The molecular formula is C13H23NO3. The third kappa shape index (κ3) is 6.46. The van der Waals surface area contributed by atoms with Gasteiger partial charge in [-0.25, -0.2) is 0 Å². The molecule has 0 spiro atoms. The van der Waals surface area contributed by atoms with E-state index in [1.54, 1.807) is 6.26 Å². The summed E-state index contributed by atoms with van der Waals surface area (Å²) in [6.07, 6.45) is 2.75. The fraction of sp³-hybridized carbons (Fsp3) is 0.692. The van der Waals surface area contributed by atoms with E-state index in [9.17, 15) is 0 Å². The number of furan rings is 1. The summed E-state index contributed by atoms with van der Waals surface area (Å²) in [7, 11) is 0. The van der Waals surface area contributed by atoms with E-state index in [1.807, 2.05) is 12.1 Å². The van der Waals surface area contributed by atoms with Gasteiger partial charge in [0, 0.05) is 13.2 Å². The van der Waals surface area contributed by atoms with Crippen molar-refractivity contribution in [2.45, 2.75) is 26.3 Å². The molecule has 0 aliphatic rings. The molecule has 1 heterocycles. The molecule has 0 aliphatic heterocycles. The molecule has 1 rings (SSSR count). The highest BCUT2D eigenvalue weighted by Crippen LogP contribution is 2.11. The fourth-order valence-electron chi connectivity index (χ4n) is 1.45. The zero-order valence-corrected chi connectivity index (χ0v) is 10.8. The molecule has 98 valence electrons. The predicted octanol–water partition coefficient (Wildman–Crippen LogP) is 2.37. The van der Waals surface area contributed by atoms with Crippen molar-refractivity contribution in [1.29, 1.82) is 0 Å². The quantitative estimate of drug-likeness (QED) is 0.639. The summed E-state index contributed by atoms with van der Waals surface area (Å²) in [5, 5.41) is 3.33. The number of nitrogens with one attached hydrogen (secondary N) is 1. The summed E-state index contributed by atoms with van der Waals surface area (Å²) in [5.41, 5.74) is 0.